The monoisotopic (exact) mass is 328 g/mol. The van der Waals surface area contributed by atoms with Gasteiger partial charge in [-0.15, -0.1) is 0 Å². The van der Waals surface area contributed by atoms with Crippen LogP contribution in [0.25, 0.3) is 0 Å². The van der Waals surface area contributed by atoms with Crippen molar-refractivity contribution in [1.82, 2.24) is 5.32 Å². The highest BCUT2D eigenvalue weighted by atomic mass is 32.1. The van der Waals surface area contributed by atoms with Gasteiger partial charge in [-0.25, -0.2) is 0 Å². The fourth-order valence-electron chi connectivity index (χ4n) is 2.11. The Morgan fingerprint density at radius 1 is 1.04 bits per heavy atom. The molecular weight excluding hydrogens is 304 g/mol. The van der Waals surface area contributed by atoms with Gasteiger partial charge in [-0.05, 0) is 75.3 Å². The van der Waals surface area contributed by atoms with E-state index in [1.807, 2.05) is 37.3 Å². The maximum absolute atomic E-state index is 5.76. The highest BCUT2D eigenvalue weighted by Gasteiger charge is 2.06. The number of ether oxygens (including phenoxy) is 1. The molecule has 2 aromatic rings. The summed E-state index contributed by atoms with van der Waals surface area (Å²) in [6, 6.07) is 14.4. The smallest absolute Gasteiger partial charge is 0.171 e. The van der Waals surface area contributed by atoms with Crippen molar-refractivity contribution in [2.24, 2.45) is 0 Å². The Morgan fingerprint density at radius 3 is 2.39 bits per heavy atom. The average Bonchev–Trinajstić information content (AvgIpc) is 2.50. The van der Waals surface area contributed by atoms with Crippen molar-refractivity contribution in [3.05, 3.63) is 59.2 Å². The average molecular weight is 328 g/mol. The van der Waals surface area contributed by atoms with Crippen molar-refractivity contribution >= 4 is 23.0 Å². The number of hydrogen-bond acceptors (Lipinski definition) is 2. The first-order valence-corrected chi connectivity index (χ1v) is 8.19. The Balaban J connectivity index is 1.79. The minimum atomic E-state index is 0.114. The van der Waals surface area contributed by atoms with Crippen molar-refractivity contribution < 1.29 is 4.74 Å². The van der Waals surface area contributed by atoms with Crippen LogP contribution in [0.5, 0.6) is 5.75 Å². The molecule has 0 aliphatic heterocycles. The number of rotatable bonds is 5. The lowest BCUT2D eigenvalue weighted by molar-refractivity contribution is 0.287. The molecule has 0 aromatic heterocycles. The molecule has 0 saturated carbocycles. The topological polar surface area (TPSA) is 33.3 Å². The van der Waals surface area contributed by atoms with Crippen LogP contribution in [0.3, 0.4) is 0 Å². The summed E-state index contributed by atoms with van der Waals surface area (Å²) in [5, 5.41) is 7.06. The van der Waals surface area contributed by atoms with E-state index < -0.39 is 0 Å². The van der Waals surface area contributed by atoms with Crippen LogP contribution in [0.1, 0.15) is 23.6 Å². The summed E-state index contributed by atoms with van der Waals surface area (Å²) < 4.78 is 5.76. The van der Waals surface area contributed by atoms with E-state index in [0.717, 1.165) is 11.4 Å². The van der Waals surface area contributed by atoms with Gasteiger partial charge in [0, 0.05) is 5.69 Å². The summed E-state index contributed by atoms with van der Waals surface area (Å²) >= 11 is 5.36. The summed E-state index contributed by atoms with van der Waals surface area (Å²) in [4.78, 5) is 0. The van der Waals surface area contributed by atoms with E-state index in [1.165, 1.54) is 16.7 Å². The van der Waals surface area contributed by atoms with Crippen molar-refractivity contribution in [1.29, 1.82) is 0 Å². The summed E-state index contributed by atoms with van der Waals surface area (Å²) in [6.45, 7) is 8.85. The largest absolute Gasteiger partial charge is 0.491 e. The molecule has 4 heteroatoms. The van der Waals surface area contributed by atoms with E-state index >= 15 is 0 Å². The molecule has 0 amide bonds. The highest BCUT2D eigenvalue weighted by Crippen LogP contribution is 2.14. The third kappa shape index (κ3) is 5.57. The quantitative estimate of drug-likeness (QED) is 0.799. The van der Waals surface area contributed by atoms with Crippen LogP contribution in [0.15, 0.2) is 42.5 Å². The van der Waals surface area contributed by atoms with E-state index in [0.29, 0.717) is 11.7 Å². The molecule has 0 heterocycles. The molecule has 2 N–H and O–H groups in total. The second-order valence-corrected chi connectivity index (χ2v) is 6.33. The summed E-state index contributed by atoms with van der Waals surface area (Å²) in [7, 11) is 0. The van der Waals surface area contributed by atoms with Crippen molar-refractivity contribution in [2.75, 3.05) is 11.9 Å². The van der Waals surface area contributed by atoms with Crippen molar-refractivity contribution in [3.63, 3.8) is 0 Å². The van der Waals surface area contributed by atoms with Crippen molar-refractivity contribution in [3.8, 4) is 5.75 Å². The van der Waals surface area contributed by atoms with Crippen LogP contribution in [0, 0.1) is 20.8 Å². The molecule has 2 rings (SSSR count). The summed E-state index contributed by atoms with van der Waals surface area (Å²) in [6.07, 6.45) is 0. The predicted molar refractivity (Wildman–Crippen MR) is 101 cm³/mol. The van der Waals surface area contributed by atoms with Crippen LogP contribution < -0.4 is 15.4 Å². The van der Waals surface area contributed by atoms with Crippen LogP contribution in [0.4, 0.5) is 5.69 Å². The van der Waals surface area contributed by atoms with Crippen LogP contribution in [-0.4, -0.2) is 17.8 Å². The number of aryl methyl sites for hydroxylation is 3. The Kier molecular flexibility index (Phi) is 5.99. The van der Waals surface area contributed by atoms with E-state index in [4.69, 9.17) is 17.0 Å². The zero-order valence-electron chi connectivity index (χ0n) is 14.1. The molecule has 122 valence electrons. The van der Waals surface area contributed by atoms with Gasteiger partial charge < -0.3 is 15.4 Å². The minimum absolute atomic E-state index is 0.114. The third-order valence-corrected chi connectivity index (χ3v) is 3.88. The van der Waals surface area contributed by atoms with Gasteiger partial charge in [0.1, 0.15) is 12.4 Å². The molecule has 1 atom stereocenters. The zero-order chi connectivity index (χ0) is 16.8. The summed E-state index contributed by atoms with van der Waals surface area (Å²) in [5.74, 6) is 0.872. The molecule has 2 aromatic carbocycles. The molecule has 3 nitrogen and oxygen atoms in total. The highest BCUT2D eigenvalue weighted by molar-refractivity contribution is 7.80. The molecule has 0 spiro atoms. The maximum Gasteiger partial charge on any atom is 0.171 e. The van der Waals surface area contributed by atoms with Gasteiger partial charge in [-0.1, -0.05) is 23.8 Å². The fraction of sp³-hybridized carbons (Fsp3) is 0.316. The molecule has 0 aliphatic rings. The first kappa shape index (κ1) is 17.3. The number of nitrogens with one attached hydrogen (secondary N) is 2. The van der Waals surface area contributed by atoms with Gasteiger partial charge in [-0.3, -0.25) is 0 Å². The lowest BCUT2D eigenvalue weighted by Gasteiger charge is -2.18. The van der Waals surface area contributed by atoms with Gasteiger partial charge in [0.15, 0.2) is 5.11 Å². The van der Waals surface area contributed by atoms with Gasteiger partial charge in [0.25, 0.3) is 0 Å². The molecular formula is C19H24N2OS. The molecule has 0 aliphatic carbocycles. The van der Waals surface area contributed by atoms with Crippen molar-refractivity contribution in [2.45, 2.75) is 33.7 Å². The number of anilines is 1. The summed E-state index contributed by atoms with van der Waals surface area (Å²) in [5.41, 5.74) is 4.74. The minimum Gasteiger partial charge on any atom is -0.491 e. The predicted octanol–water partition coefficient (Wildman–Crippen LogP) is 4.37. The van der Waals surface area contributed by atoms with E-state index in [-0.39, 0.29) is 6.04 Å². The normalized spacial score (nSPS) is 11.7. The second-order valence-electron chi connectivity index (χ2n) is 5.92. The molecule has 0 radical (unpaired) electrons. The third-order valence-electron chi connectivity index (χ3n) is 3.66. The SMILES string of the molecule is Cc1ccc(OC[C@H](C)NC(=S)Nc2ccc(C)c(C)c2)cc1. The Bertz CT molecular complexity index is 668. The number of hydrogen-bond donors (Lipinski definition) is 2. The zero-order valence-corrected chi connectivity index (χ0v) is 15.0. The fourth-order valence-corrected chi connectivity index (χ4v) is 2.43. The van der Waals surface area contributed by atoms with E-state index in [1.54, 1.807) is 0 Å². The van der Waals surface area contributed by atoms with Crippen LogP contribution >= 0.6 is 12.2 Å². The van der Waals surface area contributed by atoms with Gasteiger partial charge in [0.2, 0.25) is 0 Å². The molecule has 0 saturated heterocycles. The second kappa shape index (κ2) is 7.97. The van der Waals surface area contributed by atoms with Gasteiger partial charge >= 0.3 is 0 Å². The van der Waals surface area contributed by atoms with Gasteiger partial charge in [0.05, 0.1) is 6.04 Å². The van der Waals surface area contributed by atoms with E-state index in [2.05, 4.69) is 43.5 Å². The molecule has 0 unspecified atom stereocenters. The van der Waals surface area contributed by atoms with E-state index in [9.17, 15) is 0 Å². The lowest BCUT2D eigenvalue weighted by atomic mass is 10.1. The van der Waals surface area contributed by atoms with Gasteiger partial charge in [-0.2, -0.15) is 0 Å². The number of thiocarbonyl (C=S) groups is 1. The Labute approximate surface area is 144 Å². The first-order chi connectivity index (χ1) is 10.9. The maximum atomic E-state index is 5.76. The van der Waals surface area contributed by atoms with Crippen LogP contribution in [-0.2, 0) is 0 Å². The standard InChI is InChI=1S/C19H24N2OS/c1-13-5-9-18(10-6-13)22-12-16(4)20-19(23)21-17-8-7-14(2)15(3)11-17/h5-11,16H,12H2,1-4H3,(H2,20,21,23)/t16-/m0/s1. The first-order valence-electron chi connectivity index (χ1n) is 7.78. The Hall–Kier alpha value is -2.07. The molecule has 0 fully saturated rings. The lowest BCUT2D eigenvalue weighted by Crippen LogP contribution is -2.39. The molecule has 23 heavy (non-hydrogen) atoms. The molecule has 0 bridgehead atoms. The number of benzene rings is 2. The Morgan fingerprint density at radius 2 is 1.74 bits per heavy atom. The van der Waals surface area contributed by atoms with Crippen LogP contribution in [0.2, 0.25) is 0 Å².